The van der Waals surface area contributed by atoms with E-state index in [1.807, 2.05) is 6.20 Å². The summed E-state index contributed by atoms with van der Waals surface area (Å²) in [6, 6.07) is 0.412. The first-order valence-electron chi connectivity index (χ1n) is 6.14. The van der Waals surface area contributed by atoms with Crippen molar-refractivity contribution in [2.75, 3.05) is 18.4 Å². The van der Waals surface area contributed by atoms with Crippen LogP contribution in [0.1, 0.15) is 44.0 Å². The predicted octanol–water partition coefficient (Wildman–Crippen LogP) is 2.65. The molecule has 0 spiro atoms. The lowest BCUT2D eigenvalue weighted by molar-refractivity contribution is -0.114. The minimum absolute atomic E-state index is 0.0588. The summed E-state index contributed by atoms with van der Waals surface area (Å²) in [7, 11) is 0. The molecule has 1 aromatic heterocycles. The van der Waals surface area contributed by atoms with Gasteiger partial charge in [0.25, 0.3) is 0 Å². The summed E-state index contributed by atoms with van der Waals surface area (Å²) in [5.74, 6) is -0.0588. The molecule has 1 aliphatic heterocycles. The van der Waals surface area contributed by atoms with Crippen molar-refractivity contribution in [3.63, 3.8) is 0 Å². The van der Waals surface area contributed by atoms with Crippen LogP contribution in [0.25, 0.3) is 0 Å². The zero-order chi connectivity index (χ0) is 12.3. The fourth-order valence-corrected chi connectivity index (χ4v) is 3.12. The maximum absolute atomic E-state index is 10.9. The van der Waals surface area contributed by atoms with E-state index in [1.54, 1.807) is 11.3 Å². The fourth-order valence-electron chi connectivity index (χ4n) is 2.17. The number of piperidine rings is 1. The molecule has 0 saturated carbocycles. The number of nitrogens with zero attached hydrogens (tertiary/aromatic N) is 2. The van der Waals surface area contributed by atoms with Gasteiger partial charge >= 0.3 is 0 Å². The molecule has 5 heteroatoms. The van der Waals surface area contributed by atoms with Gasteiger partial charge in [0, 0.05) is 24.0 Å². The number of nitrogens with one attached hydrogen (secondary N) is 1. The Bertz CT molecular complexity index is 385. The van der Waals surface area contributed by atoms with Crippen LogP contribution in [0.5, 0.6) is 0 Å². The highest BCUT2D eigenvalue weighted by atomic mass is 32.1. The number of carbonyl (C=O) groups is 1. The first-order valence-corrected chi connectivity index (χ1v) is 6.96. The molecule has 94 valence electrons. The maximum Gasteiger partial charge on any atom is 0.223 e. The lowest BCUT2D eigenvalue weighted by Gasteiger charge is -2.31. The Morgan fingerprint density at radius 1 is 1.47 bits per heavy atom. The molecular weight excluding hydrogens is 234 g/mol. The number of hydrogen-bond donors (Lipinski definition) is 1. The summed E-state index contributed by atoms with van der Waals surface area (Å²) in [6.45, 7) is 6.08. The second-order valence-corrected chi connectivity index (χ2v) is 5.58. The quantitative estimate of drug-likeness (QED) is 0.900. The van der Waals surface area contributed by atoms with Crippen LogP contribution >= 0.6 is 11.3 Å². The monoisotopic (exact) mass is 253 g/mol. The van der Waals surface area contributed by atoms with Gasteiger partial charge in [0.1, 0.15) is 0 Å². The summed E-state index contributed by atoms with van der Waals surface area (Å²) >= 11 is 1.58. The molecule has 1 atom stereocenters. The molecule has 1 N–H and O–H groups in total. The molecule has 1 unspecified atom stereocenters. The Morgan fingerprint density at radius 2 is 2.18 bits per heavy atom. The fraction of sp³-hybridized carbons (Fsp3) is 0.667. The Kier molecular flexibility index (Phi) is 4.12. The van der Waals surface area contributed by atoms with Crippen molar-refractivity contribution in [3.05, 3.63) is 11.1 Å². The number of thiazole rings is 1. The zero-order valence-electron chi connectivity index (χ0n) is 10.4. The topological polar surface area (TPSA) is 45.2 Å². The maximum atomic E-state index is 10.9. The molecule has 0 radical (unpaired) electrons. The van der Waals surface area contributed by atoms with Gasteiger partial charge in [-0.2, -0.15) is 0 Å². The van der Waals surface area contributed by atoms with Crippen LogP contribution in [0.4, 0.5) is 5.13 Å². The molecule has 0 aliphatic carbocycles. The Labute approximate surface area is 106 Å². The first kappa shape index (κ1) is 12.5. The third-order valence-corrected chi connectivity index (χ3v) is 4.24. The molecule has 2 rings (SSSR count). The van der Waals surface area contributed by atoms with Crippen LogP contribution in [0, 0.1) is 0 Å². The second-order valence-electron chi connectivity index (χ2n) is 4.52. The third kappa shape index (κ3) is 3.26. The highest BCUT2D eigenvalue weighted by Crippen LogP contribution is 2.30. The van der Waals surface area contributed by atoms with Crippen LogP contribution in [-0.4, -0.2) is 28.9 Å². The van der Waals surface area contributed by atoms with E-state index in [2.05, 4.69) is 22.1 Å². The largest absolute Gasteiger partial charge is 0.302 e. The minimum atomic E-state index is -0.0588. The molecule has 0 aromatic carbocycles. The average Bonchev–Trinajstić information content (AvgIpc) is 2.77. The van der Waals surface area contributed by atoms with E-state index < -0.39 is 0 Å². The lowest BCUT2D eigenvalue weighted by Crippen LogP contribution is -2.31. The van der Waals surface area contributed by atoms with E-state index in [9.17, 15) is 4.79 Å². The smallest absolute Gasteiger partial charge is 0.223 e. The molecule has 17 heavy (non-hydrogen) atoms. The Hall–Kier alpha value is -0.940. The number of carbonyl (C=O) groups excluding carboxylic acids is 1. The second kappa shape index (κ2) is 5.60. The summed E-state index contributed by atoms with van der Waals surface area (Å²) in [4.78, 5) is 18.9. The van der Waals surface area contributed by atoms with E-state index in [0.717, 1.165) is 0 Å². The molecule has 4 nitrogen and oxygen atoms in total. The van der Waals surface area contributed by atoms with Crippen LogP contribution in [-0.2, 0) is 4.79 Å². The molecular formula is C12H19N3OS. The standard InChI is InChI=1S/C12H19N3OS/c1-9(15-6-4-3-5-7-15)11-8-13-12(17-11)14-10(2)16/h8-9H,3-7H2,1-2H3,(H,13,14,16). The number of anilines is 1. The normalized spacial score (nSPS) is 18.9. The van der Waals surface area contributed by atoms with Crippen molar-refractivity contribution in [1.29, 1.82) is 0 Å². The summed E-state index contributed by atoms with van der Waals surface area (Å²) in [5.41, 5.74) is 0. The van der Waals surface area contributed by atoms with Crippen molar-refractivity contribution in [2.45, 2.75) is 39.2 Å². The number of hydrogen-bond acceptors (Lipinski definition) is 4. The molecule has 1 aromatic rings. The van der Waals surface area contributed by atoms with E-state index in [0.29, 0.717) is 11.2 Å². The third-order valence-electron chi connectivity index (χ3n) is 3.16. The summed E-state index contributed by atoms with van der Waals surface area (Å²) in [5, 5.41) is 3.44. The highest BCUT2D eigenvalue weighted by molar-refractivity contribution is 7.15. The minimum Gasteiger partial charge on any atom is -0.302 e. The van der Waals surface area contributed by atoms with Crippen molar-refractivity contribution >= 4 is 22.4 Å². The van der Waals surface area contributed by atoms with Gasteiger partial charge in [-0.05, 0) is 32.9 Å². The van der Waals surface area contributed by atoms with Crippen molar-refractivity contribution in [3.8, 4) is 0 Å². The predicted molar refractivity (Wildman–Crippen MR) is 70.3 cm³/mol. The van der Waals surface area contributed by atoms with Crippen LogP contribution in [0.3, 0.4) is 0 Å². The van der Waals surface area contributed by atoms with Crippen molar-refractivity contribution < 1.29 is 4.79 Å². The summed E-state index contributed by atoms with van der Waals surface area (Å²) in [6.07, 6.45) is 5.82. The Balaban J connectivity index is 2.00. The van der Waals surface area contributed by atoms with E-state index in [-0.39, 0.29) is 5.91 Å². The Morgan fingerprint density at radius 3 is 2.82 bits per heavy atom. The van der Waals surface area contributed by atoms with E-state index in [4.69, 9.17) is 0 Å². The summed E-state index contributed by atoms with van der Waals surface area (Å²) < 4.78 is 0. The van der Waals surface area contributed by atoms with Crippen LogP contribution < -0.4 is 5.32 Å². The molecule has 2 heterocycles. The van der Waals surface area contributed by atoms with Crippen LogP contribution in [0.2, 0.25) is 0 Å². The van der Waals surface area contributed by atoms with Gasteiger partial charge in [-0.25, -0.2) is 4.98 Å². The molecule has 0 bridgehead atoms. The zero-order valence-corrected chi connectivity index (χ0v) is 11.2. The van der Waals surface area contributed by atoms with Crippen molar-refractivity contribution in [2.24, 2.45) is 0 Å². The first-order chi connectivity index (χ1) is 8.16. The van der Waals surface area contributed by atoms with Crippen LogP contribution in [0.15, 0.2) is 6.20 Å². The van der Waals surface area contributed by atoms with Gasteiger partial charge in [0.05, 0.1) is 0 Å². The number of amides is 1. The van der Waals surface area contributed by atoms with Gasteiger partial charge in [-0.15, -0.1) is 11.3 Å². The molecule has 1 fully saturated rings. The number of likely N-dealkylation sites (tertiary alicyclic amines) is 1. The van der Waals surface area contributed by atoms with E-state index in [1.165, 1.54) is 44.2 Å². The lowest BCUT2D eigenvalue weighted by atomic mass is 10.1. The average molecular weight is 253 g/mol. The van der Waals surface area contributed by atoms with E-state index >= 15 is 0 Å². The molecule has 1 amide bonds. The number of aromatic nitrogens is 1. The SMILES string of the molecule is CC(=O)Nc1ncc(C(C)N2CCCCC2)s1. The van der Waals surface area contributed by atoms with Gasteiger partial charge in [-0.3, -0.25) is 9.69 Å². The van der Waals surface area contributed by atoms with Gasteiger partial charge in [0.15, 0.2) is 5.13 Å². The van der Waals surface area contributed by atoms with Crippen molar-refractivity contribution in [1.82, 2.24) is 9.88 Å². The van der Waals surface area contributed by atoms with Gasteiger partial charge < -0.3 is 5.32 Å². The van der Waals surface area contributed by atoms with Gasteiger partial charge in [0.2, 0.25) is 5.91 Å². The van der Waals surface area contributed by atoms with Gasteiger partial charge in [-0.1, -0.05) is 6.42 Å². The molecule has 1 saturated heterocycles. The molecule has 1 aliphatic rings. The number of rotatable bonds is 3. The highest BCUT2D eigenvalue weighted by Gasteiger charge is 2.20.